The molecule has 0 saturated heterocycles. The fourth-order valence-electron chi connectivity index (χ4n) is 1.74. The monoisotopic (exact) mass is 406 g/mol. The predicted octanol–water partition coefficient (Wildman–Crippen LogP) is 5.74. The molecule has 0 atom stereocenters. The van der Waals surface area contributed by atoms with Crippen molar-refractivity contribution < 1.29 is 4.92 Å². The largest absolute Gasteiger partial charge is 0.330 e. The van der Waals surface area contributed by atoms with Crippen LogP contribution in [0.3, 0.4) is 0 Å². The van der Waals surface area contributed by atoms with Crippen LogP contribution in [0.15, 0.2) is 42.6 Å². The minimum Gasteiger partial charge on any atom is -0.330 e. The highest BCUT2D eigenvalue weighted by molar-refractivity contribution is 6.35. The number of hydrogen-bond donors (Lipinski definition) is 1. The Hall–Kier alpha value is -1.30. The minimum absolute atomic E-state index is 0.454. The first-order chi connectivity index (χ1) is 11.3. The molecule has 0 saturated carbocycles. The van der Waals surface area contributed by atoms with Crippen molar-refractivity contribution >= 4 is 52.5 Å². The molecule has 0 fully saturated rings. The maximum absolute atomic E-state index is 10.00. The van der Waals surface area contributed by atoms with Crippen LogP contribution in [0.1, 0.15) is 11.1 Å². The molecule has 2 N–H and O–H groups in total. The molecule has 24 heavy (non-hydrogen) atoms. The number of rotatable bonds is 4. The topological polar surface area (TPSA) is 69.2 Å². The van der Waals surface area contributed by atoms with Gasteiger partial charge in [0.25, 0.3) is 0 Å². The van der Waals surface area contributed by atoms with E-state index in [2.05, 4.69) is 0 Å². The lowest BCUT2D eigenvalue weighted by molar-refractivity contribution is -0.400. The second-order valence-corrected chi connectivity index (χ2v) is 6.37. The van der Waals surface area contributed by atoms with Crippen molar-refractivity contribution in [1.82, 2.24) is 0 Å². The maximum Gasteiger partial charge on any atom is 0.235 e. The zero-order valence-electron chi connectivity index (χ0n) is 12.4. The van der Waals surface area contributed by atoms with E-state index in [1.165, 1.54) is 6.08 Å². The molecule has 128 valence electrons. The summed E-state index contributed by atoms with van der Waals surface area (Å²) in [5, 5.41) is 12.2. The molecule has 0 unspecified atom stereocenters. The van der Waals surface area contributed by atoms with Crippen molar-refractivity contribution in [3.63, 3.8) is 0 Å². The quantitative estimate of drug-likeness (QED) is 0.519. The Morgan fingerprint density at radius 3 is 1.79 bits per heavy atom. The van der Waals surface area contributed by atoms with Gasteiger partial charge in [0.05, 0.1) is 4.92 Å². The molecule has 8 heteroatoms. The molecule has 0 aromatic heterocycles. The molecule has 4 nitrogen and oxygen atoms in total. The van der Waals surface area contributed by atoms with E-state index in [0.29, 0.717) is 32.2 Å². The van der Waals surface area contributed by atoms with Crippen molar-refractivity contribution in [2.24, 2.45) is 5.73 Å². The molecular formula is C16H14Cl4N2O2. The molecule has 0 aliphatic rings. The van der Waals surface area contributed by atoms with E-state index < -0.39 is 4.92 Å². The van der Waals surface area contributed by atoms with Crippen molar-refractivity contribution in [3.8, 4) is 0 Å². The summed E-state index contributed by atoms with van der Waals surface area (Å²) in [6, 6.07) is 10.2. The smallest absolute Gasteiger partial charge is 0.235 e. The van der Waals surface area contributed by atoms with Crippen LogP contribution < -0.4 is 5.73 Å². The average Bonchev–Trinajstić information content (AvgIpc) is 2.44. The van der Waals surface area contributed by atoms with E-state index >= 15 is 0 Å². The van der Waals surface area contributed by atoms with E-state index in [-0.39, 0.29) is 0 Å². The van der Waals surface area contributed by atoms with E-state index in [1.54, 1.807) is 24.3 Å². The van der Waals surface area contributed by atoms with Gasteiger partial charge >= 0.3 is 0 Å². The van der Waals surface area contributed by atoms with Crippen molar-refractivity contribution in [2.75, 3.05) is 6.54 Å². The van der Waals surface area contributed by atoms with Crippen LogP contribution in [0.25, 0.3) is 6.08 Å². The first kappa shape index (κ1) is 20.7. The summed E-state index contributed by atoms with van der Waals surface area (Å²) in [6.45, 7) is 0.622. The first-order valence-corrected chi connectivity index (χ1v) is 8.24. The number of halogens is 4. The fourth-order valence-corrected chi connectivity index (χ4v) is 2.85. The van der Waals surface area contributed by atoms with Gasteiger partial charge in [-0.15, -0.1) is 0 Å². The van der Waals surface area contributed by atoms with Crippen LogP contribution in [0.4, 0.5) is 0 Å². The number of hydrogen-bond acceptors (Lipinski definition) is 3. The fraction of sp³-hybridized carbons (Fsp3) is 0.125. The minimum atomic E-state index is -0.547. The molecule has 0 spiro atoms. The Kier molecular flexibility index (Phi) is 9.11. The van der Waals surface area contributed by atoms with Crippen LogP contribution in [0.5, 0.6) is 0 Å². The highest BCUT2D eigenvalue weighted by Gasteiger charge is 1.97. The van der Waals surface area contributed by atoms with Gasteiger partial charge in [-0.05, 0) is 60.5 Å². The van der Waals surface area contributed by atoms with Crippen LogP contribution in [0.2, 0.25) is 20.1 Å². The molecule has 0 aliphatic heterocycles. The number of nitrogens with two attached hydrogens (primary N) is 1. The third kappa shape index (κ3) is 8.52. The van der Waals surface area contributed by atoms with E-state index in [1.807, 2.05) is 12.1 Å². The number of nitrogens with zero attached hydrogens (tertiary/aromatic N) is 1. The third-order valence-electron chi connectivity index (χ3n) is 2.63. The van der Waals surface area contributed by atoms with Crippen molar-refractivity contribution in [2.45, 2.75) is 6.42 Å². The summed E-state index contributed by atoms with van der Waals surface area (Å²) in [7, 11) is 0. The molecule has 0 bridgehead atoms. The van der Waals surface area contributed by atoms with Crippen LogP contribution in [0, 0.1) is 10.1 Å². The molecule has 2 rings (SSSR count). The van der Waals surface area contributed by atoms with Gasteiger partial charge in [-0.25, -0.2) is 0 Å². The Balaban J connectivity index is 0.000000243. The SMILES string of the molecule is NCCc1cc(Cl)cc(Cl)c1.O=[N+]([O-])/C=C/c1cc(Cl)cc(Cl)c1. The van der Waals surface area contributed by atoms with Crippen molar-refractivity contribution in [3.05, 3.63) is 83.9 Å². The molecule has 2 aromatic rings. The van der Waals surface area contributed by atoms with Gasteiger partial charge in [0.15, 0.2) is 0 Å². The molecule has 0 heterocycles. The van der Waals surface area contributed by atoms with Crippen LogP contribution in [-0.4, -0.2) is 11.5 Å². The lowest BCUT2D eigenvalue weighted by Gasteiger charge is -1.99. The molecule has 0 radical (unpaired) electrons. The molecule has 0 amide bonds. The van der Waals surface area contributed by atoms with Crippen molar-refractivity contribution in [1.29, 1.82) is 0 Å². The average molecular weight is 408 g/mol. The number of benzene rings is 2. The molecule has 2 aromatic carbocycles. The zero-order chi connectivity index (χ0) is 18.1. The van der Waals surface area contributed by atoms with Gasteiger partial charge in [0.2, 0.25) is 6.20 Å². The van der Waals surface area contributed by atoms with Gasteiger partial charge in [0, 0.05) is 26.2 Å². The second kappa shape index (κ2) is 10.5. The summed E-state index contributed by atoms with van der Waals surface area (Å²) in [6.07, 6.45) is 2.99. The first-order valence-electron chi connectivity index (χ1n) is 6.73. The van der Waals surface area contributed by atoms with E-state index in [9.17, 15) is 10.1 Å². The normalized spacial score (nSPS) is 10.4. The second-order valence-electron chi connectivity index (χ2n) is 4.62. The Morgan fingerprint density at radius 1 is 0.917 bits per heavy atom. The Labute approximate surface area is 159 Å². The van der Waals surface area contributed by atoms with Gasteiger partial charge < -0.3 is 5.73 Å². The zero-order valence-corrected chi connectivity index (χ0v) is 15.4. The summed E-state index contributed by atoms with van der Waals surface area (Å²) >= 11 is 22.9. The molecular weight excluding hydrogens is 394 g/mol. The van der Waals surface area contributed by atoms with Gasteiger partial charge in [-0.3, -0.25) is 10.1 Å². The maximum atomic E-state index is 10.00. The van der Waals surface area contributed by atoms with E-state index in [0.717, 1.165) is 18.2 Å². The Bertz CT molecular complexity index is 696. The van der Waals surface area contributed by atoms with Gasteiger partial charge in [-0.2, -0.15) is 0 Å². The summed E-state index contributed by atoms with van der Waals surface area (Å²) < 4.78 is 0. The van der Waals surface area contributed by atoms with Gasteiger partial charge in [-0.1, -0.05) is 46.4 Å². The van der Waals surface area contributed by atoms with Crippen LogP contribution >= 0.6 is 46.4 Å². The summed E-state index contributed by atoms with van der Waals surface area (Å²) in [4.78, 5) is 9.45. The lowest BCUT2D eigenvalue weighted by Crippen LogP contribution is -2.02. The Morgan fingerprint density at radius 2 is 1.38 bits per heavy atom. The molecule has 0 aliphatic carbocycles. The predicted molar refractivity (Wildman–Crippen MR) is 102 cm³/mol. The lowest BCUT2D eigenvalue weighted by atomic mass is 10.1. The highest BCUT2D eigenvalue weighted by atomic mass is 35.5. The van der Waals surface area contributed by atoms with E-state index in [4.69, 9.17) is 52.1 Å². The highest BCUT2D eigenvalue weighted by Crippen LogP contribution is 2.20. The standard InChI is InChI=1S/C8H5Cl2NO2.C8H9Cl2N/c9-7-3-6(1-2-11(12)13)4-8(10)5-7;9-7-3-6(1-2-11)4-8(10)5-7/h1-5H;3-5H,1-2,11H2/b2-1+;. The van der Waals surface area contributed by atoms with Crippen LogP contribution in [-0.2, 0) is 6.42 Å². The summed E-state index contributed by atoms with van der Waals surface area (Å²) in [5.41, 5.74) is 7.07. The summed E-state index contributed by atoms with van der Waals surface area (Å²) in [5.74, 6) is 0. The van der Waals surface area contributed by atoms with Gasteiger partial charge in [0.1, 0.15) is 0 Å². The third-order valence-corrected chi connectivity index (χ3v) is 3.50. The number of nitro groups is 1.